The number of aromatic nitrogens is 1. The van der Waals surface area contributed by atoms with Crippen LogP contribution >= 0.6 is 27.7 Å². The van der Waals surface area contributed by atoms with Gasteiger partial charge in [-0.15, -0.1) is 0 Å². The van der Waals surface area contributed by atoms with Crippen molar-refractivity contribution >= 4 is 34.1 Å². The maximum absolute atomic E-state index is 10.5. The molecule has 0 bridgehead atoms. The quantitative estimate of drug-likeness (QED) is 0.526. The van der Waals surface area contributed by atoms with E-state index in [0.29, 0.717) is 6.41 Å². The van der Waals surface area contributed by atoms with Crippen LogP contribution in [0.25, 0.3) is 0 Å². The third-order valence-electron chi connectivity index (χ3n) is 2.49. The van der Waals surface area contributed by atoms with E-state index in [2.05, 4.69) is 31.1 Å². The summed E-state index contributed by atoms with van der Waals surface area (Å²) in [5, 5.41) is 3.61. The number of pyridine rings is 1. The molecular weight excluding hydrogens is 302 g/mol. The highest BCUT2D eigenvalue weighted by atomic mass is 79.9. The second-order valence-electron chi connectivity index (χ2n) is 3.58. The molecule has 0 radical (unpaired) electrons. The fourth-order valence-electron chi connectivity index (χ4n) is 1.60. The number of rotatable bonds is 4. The molecule has 1 aromatic rings. The molecule has 1 N–H and O–H groups in total. The molecule has 0 saturated carbocycles. The fourth-order valence-corrected chi connectivity index (χ4v) is 3.57. The molecule has 2 rings (SSSR count). The number of carbonyl (C=O) groups excluding carboxylic acids is 1. The van der Waals surface area contributed by atoms with E-state index >= 15 is 0 Å². The van der Waals surface area contributed by atoms with Crippen LogP contribution < -0.4 is 5.32 Å². The van der Waals surface area contributed by atoms with Crippen LogP contribution in [0.3, 0.4) is 0 Å². The molecule has 1 amide bonds. The average molecular weight is 314 g/mol. The molecule has 1 aromatic heterocycles. The van der Waals surface area contributed by atoms with Crippen LogP contribution in [-0.2, 0) is 11.3 Å². The first kappa shape index (κ1) is 12.4. The smallest absolute Gasteiger partial charge is 0.211 e. The van der Waals surface area contributed by atoms with Gasteiger partial charge in [0.1, 0.15) is 4.28 Å². The third kappa shape index (κ3) is 2.81. The standard InChI is InChI=1S/C11H12BrN3OS/c1-8-10(14-7-16)17-11(12)15(8)6-9-3-2-4-13-5-9/h2-5,7,11H,6H2,1H3,(H,14,16). The Morgan fingerprint density at radius 2 is 2.53 bits per heavy atom. The van der Waals surface area contributed by atoms with E-state index in [1.165, 1.54) is 0 Å². The summed E-state index contributed by atoms with van der Waals surface area (Å²) in [7, 11) is 0. The number of allylic oxidation sites excluding steroid dienone is 1. The lowest BCUT2D eigenvalue weighted by molar-refractivity contribution is -0.108. The predicted molar refractivity (Wildman–Crippen MR) is 72.0 cm³/mol. The highest BCUT2D eigenvalue weighted by Gasteiger charge is 2.28. The molecular formula is C11H12BrN3OS. The fraction of sp³-hybridized carbons (Fsp3) is 0.273. The van der Waals surface area contributed by atoms with Crippen LogP contribution in [0.4, 0.5) is 0 Å². The lowest BCUT2D eigenvalue weighted by Crippen LogP contribution is -2.22. The first-order chi connectivity index (χ1) is 8.22. The van der Waals surface area contributed by atoms with Gasteiger partial charge in [0.2, 0.25) is 6.41 Å². The van der Waals surface area contributed by atoms with Gasteiger partial charge in [0.25, 0.3) is 0 Å². The zero-order valence-corrected chi connectivity index (χ0v) is 11.7. The molecule has 0 saturated heterocycles. The van der Waals surface area contributed by atoms with Crippen LogP contribution in [0, 0.1) is 0 Å². The minimum atomic E-state index is 0.144. The number of nitrogens with one attached hydrogen (secondary N) is 1. The number of hydrogen-bond donors (Lipinski definition) is 1. The number of alkyl halides is 1. The van der Waals surface area contributed by atoms with Crippen molar-refractivity contribution < 1.29 is 4.79 Å². The van der Waals surface area contributed by atoms with E-state index in [1.54, 1.807) is 18.0 Å². The van der Waals surface area contributed by atoms with Gasteiger partial charge in [-0.05, 0) is 18.6 Å². The lowest BCUT2D eigenvalue weighted by Gasteiger charge is -2.23. The minimum Gasteiger partial charge on any atom is -0.347 e. The van der Waals surface area contributed by atoms with Gasteiger partial charge in [0, 0.05) is 24.6 Å². The second kappa shape index (κ2) is 5.55. The van der Waals surface area contributed by atoms with Crippen molar-refractivity contribution in [3.63, 3.8) is 0 Å². The van der Waals surface area contributed by atoms with Crippen LogP contribution in [0.15, 0.2) is 35.3 Å². The van der Waals surface area contributed by atoms with Crippen molar-refractivity contribution in [3.8, 4) is 0 Å². The zero-order chi connectivity index (χ0) is 12.3. The first-order valence-corrected chi connectivity index (χ1v) is 6.89. The van der Waals surface area contributed by atoms with Gasteiger partial charge >= 0.3 is 0 Å². The summed E-state index contributed by atoms with van der Waals surface area (Å²) in [6, 6.07) is 3.96. The summed E-state index contributed by atoms with van der Waals surface area (Å²) >= 11 is 5.17. The molecule has 1 atom stereocenters. The lowest BCUT2D eigenvalue weighted by atomic mass is 10.2. The molecule has 0 aliphatic carbocycles. The van der Waals surface area contributed by atoms with E-state index in [0.717, 1.165) is 22.8 Å². The number of amides is 1. The summed E-state index contributed by atoms with van der Waals surface area (Å²) in [5.74, 6) is 0. The minimum absolute atomic E-state index is 0.144. The van der Waals surface area contributed by atoms with Crippen molar-refractivity contribution in [2.45, 2.75) is 17.8 Å². The number of thioether (sulfide) groups is 1. The normalized spacial score (nSPS) is 19.6. The summed E-state index contributed by atoms with van der Waals surface area (Å²) in [6.45, 7) is 2.77. The Labute approximate surface area is 113 Å². The average Bonchev–Trinajstić information content (AvgIpc) is 2.59. The van der Waals surface area contributed by atoms with E-state index in [4.69, 9.17) is 0 Å². The Morgan fingerprint density at radius 3 is 3.18 bits per heavy atom. The first-order valence-electron chi connectivity index (χ1n) is 5.09. The Bertz CT molecular complexity index is 438. The Hall–Kier alpha value is -1.01. The van der Waals surface area contributed by atoms with E-state index in [-0.39, 0.29) is 4.28 Å². The van der Waals surface area contributed by atoms with Crippen LogP contribution in [0.5, 0.6) is 0 Å². The van der Waals surface area contributed by atoms with E-state index < -0.39 is 0 Å². The van der Waals surface area contributed by atoms with Crippen molar-refractivity contribution in [1.29, 1.82) is 0 Å². The second-order valence-corrected chi connectivity index (χ2v) is 6.14. The summed E-state index contributed by atoms with van der Waals surface area (Å²) < 4.78 is 0.144. The number of carbonyl (C=O) groups is 1. The number of halogens is 1. The monoisotopic (exact) mass is 313 g/mol. The van der Waals surface area contributed by atoms with Gasteiger partial charge in [-0.3, -0.25) is 9.78 Å². The summed E-state index contributed by atoms with van der Waals surface area (Å²) in [5.41, 5.74) is 2.21. The van der Waals surface area contributed by atoms with Gasteiger partial charge in [0.05, 0.1) is 5.03 Å². The third-order valence-corrected chi connectivity index (χ3v) is 4.64. The highest BCUT2D eigenvalue weighted by molar-refractivity contribution is 9.11. The molecule has 1 unspecified atom stereocenters. The van der Waals surface area contributed by atoms with E-state index in [1.807, 2.05) is 25.3 Å². The molecule has 0 spiro atoms. The molecule has 0 aromatic carbocycles. The maximum Gasteiger partial charge on any atom is 0.211 e. The van der Waals surface area contributed by atoms with Gasteiger partial charge in [-0.1, -0.05) is 33.8 Å². The predicted octanol–water partition coefficient (Wildman–Crippen LogP) is 2.24. The molecule has 2 heterocycles. The summed E-state index contributed by atoms with van der Waals surface area (Å²) in [6.07, 6.45) is 4.32. The van der Waals surface area contributed by atoms with Gasteiger partial charge < -0.3 is 10.2 Å². The molecule has 1 aliphatic heterocycles. The SMILES string of the molecule is CC1=C(NC=O)SC(Br)N1Cc1cccnc1. The van der Waals surface area contributed by atoms with Crippen molar-refractivity contribution in [3.05, 3.63) is 40.8 Å². The van der Waals surface area contributed by atoms with Gasteiger partial charge in [-0.25, -0.2) is 0 Å². The molecule has 4 nitrogen and oxygen atoms in total. The highest BCUT2D eigenvalue weighted by Crippen LogP contribution is 2.40. The molecule has 6 heteroatoms. The largest absolute Gasteiger partial charge is 0.347 e. The maximum atomic E-state index is 10.5. The Morgan fingerprint density at radius 1 is 1.71 bits per heavy atom. The number of nitrogens with zero attached hydrogens (tertiary/aromatic N) is 2. The van der Waals surface area contributed by atoms with Gasteiger partial charge in [-0.2, -0.15) is 0 Å². The molecule has 1 aliphatic rings. The van der Waals surface area contributed by atoms with Crippen LogP contribution in [-0.4, -0.2) is 20.6 Å². The zero-order valence-electron chi connectivity index (χ0n) is 9.26. The molecule has 0 fully saturated rings. The van der Waals surface area contributed by atoms with Crippen molar-refractivity contribution in [1.82, 2.24) is 15.2 Å². The molecule has 17 heavy (non-hydrogen) atoms. The molecule has 90 valence electrons. The topological polar surface area (TPSA) is 45.2 Å². The number of hydrogen-bond acceptors (Lipinski definition) is 4. The van der Waals surface area contributed by atoms with Crippen molar-refractivity contribution in [2.75, 3.05) is 0 Å². The van der Waals surface area contributed by atoms with Gasteiger partial charge in [0.15, 0.2) is 0 Å². The van der Waals surface area contributed by atoms with E-state index in [9.17, 15) is 4.79 Å². The van der Waals surface area contributed by atoms with Crippen LogP contribution in [0.2, 0.25) is 0 Å². The summed E-state index contributed by atoms with van der Waals surface area (Å²) in [4.78, 5) is 16.7. The van der Waals surface area contributed by atoms with Crippen LogP contribution in [0.1, 0.15) is 12.5 Å². The van der Waals surface area contributed by atoms with Crippen molar-refractivity contribution in [2.24, 2.45) is 0 Å². The Balaban J connectivity index is 2.13. The Kier molecular flexibility index (Phi) is 4.06.